The van der Waals surface area contributed by atoms with Gasteiger partial charge >= 0.3 is 0 Å². The van der Waals surface area contributed by atoms with E-state index in [1.165, 1.54) is 0 Å². The molecule has 0 bridgehead atoms. The maximum atomic E-state index is 11.7. The Morgan fingerprint density at radius 1 is 1.45 bits per heavy atom. The Labute approximate surface area is 115 Å². The average Bonchev–Trinajstić information content (AvgIpc) is 2.43. The lowest BCUT2D eigenvalue weighted by Gasteiger charge is -2.23. The highest BCUT2D eigenvalue weighted by Crippen LogP contribution is 2.17. The van der Waals surface area contributed by atoms with Crippen LogP contribution in [0.3, 0.4) is 0 Å². The second kappa shape index (κ2) is 7.18. The van der Waals surface area contributed by atoms with Crippen molar-refractivity contribution in [2.45, 2.75) is 38.1 Å². The summed E-state index contributed by atoms with van der Waals surface area (Å²) < 4.78 is 4.96. The van der Waals surface area contributed by atoms with E-state index in [2.05, 4.69) is 0 Å². The minimum atomic E-state index is -1.41. The number of Topliss-reactive ketones (excluding diaryl/α,β-unsaturated/α-hetero) is 3. The smallest absolute Gasteiger partial charge is 0.224 e. The summed E-state index contributed by atoms with van der Waals surface area (Å²) in [6.07, 6.45) is -3.15. The molecule has 1 fully saturated rings. The van der Waals surface area contributed by atoms with Gasteiger partial charge < -0.3 is 14.9 Å². The van der Waals surface area contributed by atoms with Gasteiger partial charge in [-0.1, -0.05) is 6.92 Å². The van der Waals surface area contributed by atoms with E-state index in [4.69, 9.17) is 4.74 Å². The number of rotatable bonds is 6. The summed E-state index contributed by atoms with van der Waals surface area (Å²) in [7, 11) is 0. The number of ether oxygens (including phenoxy) is 1. The molecule has 20 heavy (non-hydrogen) atoms. The number of hydrogen-bond donors (Lipinski definition) is 2. The maximum Gasteiger partial charge on any atom is 0.224 e. The van der Waals surface area contributed by atoms with Gasteiger partial charge in [0, 0.05) is 5.57 Å². The minimum absolute atomic E-state index is 0.00997. The van der Waals surface area contributed by atoms with E-state index in [9.17, 15) is 29.4 Å². The van der Waals surface area contributed by atoms with Crippen LogP contribution >= 0.6 is 0 Å². The van der Waals surface area contributed by atoms with Crippen molar-refractivity contribution < 1.29 is 34.1 Å². The van der Waals surface area contributed by atoms with Gasteiger partial charge in [-0.3, -0.25) is 19.2 Å². The van der Waals surface area contributed by atoms with Crippen LogP contribution in [0.1, 0.15) is 19.8 Å². The molecule has 0 aromatic carbocycles. The predicted octanol–water partition coefficient (Wildman–Crippen LogP) is -1.26. The van der Waals surface area contributed by atoms with Crippen LogP contribution in [0, 0.1) is 0 Å². The lowest BCUT2D eigenvalue weighted by atomic mass is 9.94. The third kappa shape index (κ3) is 3.89. The number of aldehydes is 1. The fraction of sp³-hybridized carbons (Fsp3) is 0.538. The fourth-order valence-electron chi connectivity index (χ4n) is 1.77. The zero-order valence-electron chi connectivity index (χ0n) is 10.9. The highest BCUT2D eigenvalue weighted by Gasteiger charge is 2.34. The third-order valence-corrected chi connectivity index (χ3v) is 2.91. The number of hydrogen-bond acceptors (Lipinski definition) is 7. The van der Waals surface area contributed by atoms with Gasteiger partial charge in [0.15, 0.2) is 17.9 Å². The normalized spacial score (nSPS) is 23.4. The number of aliphatic hydroxyl groups excluding tert-OH is 2. The zero-order valence-corrected chi connectivity index (χ0v) is 10.9. The summed E-state index contributed by atoms with van der Waals surface area (Å²) >= 11 is 0. The zero-order chi connectivity index (χ0) is 15.3. The first-order valence-electron chi connectivity index (χ1n) is 6.14. The Morgan fingerprint density at radius 3 is 2.60 bits per heavy atom. The van der Waals surface area contributed by atoms with E-state index in [1.807, 2.05) is 0 Å². The molecule has 1 saturated heterocycles. The van der Waals surface area contributed by atoms with Crippen molar-refractivity contribution in [2.75, 3.05) is 6.61 Å². The van der Waals surface area contributed by atoms with Gasteiger partial charge in [-0.15, -0.1) is 0 Å². The van der Waals surface area contributed by atoms with Crippen LogP contribution in [0.5, 0.6) is 0 Å². The van der Waals surface area contributed by atoms with E-state index in [0.717, 1.165) is 6.08 Å². The molecule has 1 heterocycles. The van der Waals surface area contributed by atoms with Crippen LogP contribution in [0.2, 0.25) is 0 Å². The maximum absolute atomic E-state index is 11.7. The lowest BCUT2D eigenvalue weighted by Crippen LogP contribution is -2.39. The Bertz CT molecular complexity index is 452. The minimum Gasteiger partial charge on any atom is -0.390 e. The Hall–Kier alpha value is -1.70. The molecule has 0 aromatic heterocycles. The fourth-order valence-corrected chi connectivity index (χ4v) is 1.77. The van der Waals surface area contributed by atoms with Crippen LogP contribution in [0.15, 0.2) is 11.6 Å². The van der Waals surface area contributed by atoms with Crippen molar-refractivity contribution in [3.63, 3.8) is 0 Å². The van der Waals surface area contributed by atoms with Crippen LogP contribution in [0.4, 0.5) is 0 Å². The first kappa shape index (κ1) is 16.4. The topological polar surface area (TPSA) is 118 Å². The Kier molecular flexibility index (Phi) is 5.87. The van der Waals surface area contributed by atoms with Crippen molar-refractivity contribution >= 4 is 23.6 Å². The number of ketones is 3. The molecule has 7 nitrogen and oxygen atoms in total. The molecule has 1 aliphatic heterocycles. The van der Waals surface area contributed by atoms with E-state index in [-0.39, 0.29) is 31.3 Å². The quantitative estimate of drug-likeness (QED) is 0.270. The lowest BCUT2D eigenvalue weighted by molar-refractivity contribution is -0.145. The molecule has 110 valence electrons. The standard InChI is InChI=1S/C13H16O7/c1-2-9(16)10(17)4-8(12(19)5-14)13-11(18)3-7(15)6-20-13/h4-5,9-10,13,16-17H,2-3,6H2,1H3/b8-4+/t9-,10?,13?/m0/s1. The molecule has 0 aromatic rings. The van der Waals surface area contributed by atoms with Gasteiger partial charge in [0.05, 0.1) is 18.6 Å². The predicted molar refractivity (Wildman–Crippen MR) is 65.8 cm³/mol. The average molecular weight is 284 g/mol. The van der Waals surface area contributed by atoms with E-state index >= 15 is 0 Å². The number of carbonyl (C=O) groups is 4. The molecule has 1 rings (SSSR count). The van der Waals surface area contributed by atoms with Gasteiger partial charge in [0.2, 0.25) is 5.78 Å². The molecule has 0 spiro atoms. The molecule has 2 unspecified atom stereocenters. The molecule has 0 aliphatic carbocycles. The van der Waals surface area contributed by atoms with Gasteiger partial charge in [-0.2, -0.15) is 0 Å². The molecule has 0 radical (unpaired) electrons. The van der Waals surface area contributed by atoms with Gasteiger partial charge in [0.1, 0.15) is 12.7 Å². The molecule has 3 atom stereocenters. The summed E-state index contributed by atoms with van der Waals surface area (Å²) in [5.41, 5.74) is -0.350. The second-order valence-corrected chi connectivity index (χ2v) is 4.44. The SMILES string of the molecule is CC[C@H](O)C(O)/C=C(\C(=O)C=O)C1OCC(=O)CC1=O. The monoisotopic (exact) mass is 284 g/mol. The van der Waals surface area contributed by atoms with Crippen molar-refractivity contribution in [1.29, 1.82) is 0 Å². The highest BCUT2D eigenvalue weighted by molar-refractivity contribution is 6.34. The first-order valence-corrected chi connectivity index (χ1v) is 6.14. The molecular formula is C13H16O7. The molecule has 1 aliphatic rings. The largest absolute Gasteiger partial charge is 0.390 e. The summed E-state index contributed by atoms with van der Waals surface area (Å²) in [5.74, 6) is -2.10. The number of carbonyl (C=O) groups excluding carboxylic acids is 4. The third-order valence-electron chi connectivity index (χ3n) is 2.91. The number of aliphatic hydroxyl groups is 2. The second-order valence-electron chi connectivity index (χ2n) is 4.44. The van der Waals surface area contributed by atoms with Crippen molar-refractivity contribution in [2.24, 2.45) is 0 Å². The Morgan fingerprint density at radius 2 is 2.10 bits per heavy atom. The van der Waals surface area contributed by atoms with Crippen LogP contribution in [0.25, 0.3) is 0 Å². The van der Waals surface area contributed by atoms with Crippen molar-refractivity contribution in [3.8, 4) is 0 Å². The highest BCUT2D eigenvalue weighted by atomic mass is 16.5. The van der Waals surface area contributed by atoms with Crippen LogP contribution < -0.4 is 0 Å². The van der Waals surface area contributed by atoms with E-state index in [0.29, 0.717) is 0 Å². The first-order chi connectivity index (χ1) is 9.40. The Balaban J connectivity index is 3.03. The van der Waals surface area contributed by atoms with Crippen molar-refractivity contribution in [1.82, 2.24) is 0 Å². The molecule has 2 N–H and O–H groups in total. The summed E-state index contributed by atoms with van der Waals surface area (Å²) in [6, 6.07) is 0. The van der Waals surface area contributed by atoms with Gasteiger partial charge in [-0.05, 0) is 12.5 Å². The summed E-state index contributed by atoms with van der Waals surface area (Å²) in [4.78, 5) is 44.9. The summed E-state index contributed by atoms with van der Waals surface area (Å²) in [5, 5.41) is 19.1. The summed E-state index contributed by atoms with van der Waals surface area (Å²) in [6.45, 7) is 1.27. The van der Waals surface area contributed by atoms with E-state index < -0.39 is 35.7 Å². The van der Waals surface area contributed by atoms with Gasteiger partial charge in [0.25, 0.3) is 0 Å². The molecular weight excluding hydrogens is 268 g/mol. The molecule has 7 heteroatoms. The molecule has 0 amide bonds. The van der Waals surface area contributed by atoms with Gasteiger partial charge in [-0.25, -0.2) is 0 Å². The van der Waals surface area contributed by atoms with Crippen LogP contribution in [-0.2, 0) is 23.9 Å². The van der Waals surface area contributed by atoms with E-state index in [1.54, 1.807) is 6.92 Å². The van der Waals surface area contributed by atoms with Crippen LogP contribution in [-0.4, -0.2) is 58.8 Å². The van der Waals surface area contributed by atoms with Crippen molar-refractivity contribution in [3.05, 3.63) is 11.6 Å². The molecule has 0 saturated carbocycles.